The van der Waals surface area contributed by atoms with Crippen LogP contribution in [-0.4, -0.2) is 13.4 Å². The highest BCUT2D eigenvalue weighted by atomic mass is 127. The fourth-order valence-electron chi connectivity index (χ4n) is 0.491. The van der Waals surface area contributed by atoms with E-state index in [9.17, 15) is 8.42 Å². The molecule has 1 heterocycles. The third-order valence-corrected chi connectivity index (χ3v) is 2.98. The van der Waals surface area contributed by atoms with Crippen LogP contribution in [0.25, 0.3) is 0 Å². The smallest absolute Gasteiger partial charge is 0.244 e. The second kappa shape index (κ2) is 2.83. The quantitative estimate of drug-likeness (QED) is 0.568. The van der Waals surface area contributed by atoms with Crippen molar-refractivity contribution >= 4 is 28.2 Å². The zero-order valence-electron chi connectivity index (χ0n) is 4.86. The predicted octanol–water partition coefficient (Wildman–Crippen LogP) is 1.21. The van der Waals surface area contributed by atoms with Crippen LogP contribution in [0.1, 0.15) is 0 Å². The van der Waals surface area contributed by atoms with Crippen molar-refractivity contribution in [1.82, 2.24) is 4.98 Å². The molecule has 0 saturated carbocycles. The van der Waals surface area contributed by atoms with Gasteiger partial charge in [0, 0.05) is 6.20 Å². The molecule has 10 heavy (non-hydrogen) atoms. The van der Waals surface area contributed by atoms with E-state index >= 15 is 0 Å². The molecular formula is C5H4INO2S. The predicted molar refractivity (Wildman–Crippen MR) is 45.4 cm³/mol. The topological polar surface area (TPSA) is 47.0 Å². The summed E-state index contributed by atoms with van der Waals surface area (Å²) in [6.45, 7) is 0. The van der Waals surface area contributed by atoms with Crippen molar-refractivity contribution in [3.8, 4) is 0 Å². The lowest BCUT2D eigenvalue weighted by Crippen LogP contribution is -1.91. The van der Waals surface area contributed by atoms with Crippen LogP contribution in [0.15, 0.2) is 29.4 Å². The van der Waals surface area contributed by atoms with Crippen molar-refractivity contribution in [2.45, 2.75) is 5.03 Å². The lowest BCUT2D eigenvalue weighted by Gasteiger charge is -1.90. The van der Waals surface area contributed by atoms with Crippen molar-refractivity contribution in [2.75, 3.05) is 0 Å². The standard InChI is InChI=1S/C5H4INO2S/c6-10(8,9)5-3-1-2-4-7-5/h1-4H. The Morgan fingerprint density at radius 2 is 2.10 bits per heavy atom. The van der Waals surface area contributed by atoms with Gasteiger partial charge in [-0.2, -0.15) is 0 Å². The Labute approximate surface area is 71.0 Å². The third-order valence-electron chi connectivity index (χ3n) is 0.888. The maximum absolute atomic E-state index is 10.8. The molecule has 0 fully saturated rings. The van der Waals surface area contributed by atoms with Gasteiger partial charge in [-0.3, -0.25) is 0 Å². The summed E-state index contributed by atoms with van der Waals surface area (Å²) in [7, 11) is -3.14. The molecule has 1 aromatic heterocycles. The maximum Gasteiger partial charge on any atom is 0.248 e. The number of nitrogens with zero attached hydrogens (tertiary/aromatic N) is 1. The molecule has 0 atom stereocenters. The Balaban J connectivity index is 3.22. The molecule has 0 saturated heterocycles. The first-order valence-electron chi connectivity index (χ1n) is 2.46. The zero-order valence-corrected chi connectivity index (χ0v) is 7.83. The van der Waals surface area contributed by atoms with Crippen LogP contribution in [-0.2, 0) is 7.01 Å². The summed E-state index contributed by atoms with van der Waals surface area (Å²) in [6, 6.07) is 4.77. The average molecular weight is 269 g/mol. The first-order valence-corrected chi connectivity index (χ1v) is 6.49. The fraction of sp³-hybridized carbons (Fsp3) is 0. The molecule has 0 aromatic carbocycles. The summed E-state index contributed by atoms with van der Waals surface area (Å²) in [6.07, 6.45) is 1.45. The Hall–Kier alpha value is -0.170. The zero-order chi connectivity index (χ0) is 7.61. The average Bonchev–Trinajstić information content (AvgIpc) is 1.88. The van der Waals surface area contributed by atoms with Crippen LogP contribution in [0.5, 0.6) is 0 Å². The molecule has 0 amide bonds. The monoisotopic (exact) mass is 269 g/mol. The highest BCUT2D eigenvalue weighted by molar-refractivity contribution is 14.2. The van der Waals surface area contributed by atoms with Crippen molar-refractivity contribution in [3.05, 3.63) is 24.4 Å². The summed E-state index contributed by atoms with van der Waals surface area (Å²) in [5.74, 6) is 0. The minimum absolute atomic E-state index is 0.107. The van der Waals surface area contributed by atoms with Gasteiger partial charge in [0.25, 0.3) is 0 Å². The van der Waals surface area contributed by atoms with Gasteiger partial charge < -0.3 is 0 Å². The normalized spacial score (nSPS) is 11.3. The van der Waals surface area contributed by atoms with Gasteiger partial charge in [-0.1, -0.05) is 6.07 Å². The lowest BCUT2D eigenvalue weighted by atomic mass is 10.5. The molecule has 0 aliphatic rings. The summed E-state index contributed by atoms with van der Waals surface area (Å²) in [4.78, 5) is 3.65. The van der Waals surface area contributed by atoms with E-state index < -0.39 is 7.01 Å². The second-order valence-corrected chi connectivity index (χ2v) is 6.38. The Morgan fingerprint density at radius 3 is 2.40 bits per heavy atom. The van der Waals surface area contributed by atoms with Gasteiger partial charge >= 0.3 is 0 Å². The molecule has 3 nitrogen and oxygen atoms in total. The van der Waals surface area contributed by atoms with Gasteiger partial charge in [0.2, 0.25) is 7.01 Å². The van der Waals surface area contributed by atoms with Gasteiger partial charge in [0.1, 0.15) is 0 Å². The molecule has 5 heteroatoms. The van der Waals surface area contributed by atoms with Crippen LogP contribution in [0.3, 0.4) is 0 Å². The number of hydrogen-bond acceptors (Lipinski definition) is 3. The molecule has 1 rings (SSSR count). The Morgan fingerprint density at radius 1 is 1.40 bits per heavy atom. The molecule has 1 aromatic rings. The molecule has 0 spiro atoms. The summed E-state index contributed by atoms with van der Waals surface area (Å²) in [5.41, 5.74) is 0. The molecule has 54 valence electrons. The molecule has 0 aliphatic heterocycles. The summed E-state index contributed by atoms with van der Waals surface area (Å²) >= 11 is 1.35. The van der Waals surface area contributed by atoms with Crippen LogP contribution >= 0.6 is 21.2 Å². The third kappa shape index (κ3) is 1.91. The van der Waals surface area contributed by atoms with Gasteiger partial charge in [-0.15, -0.1) is 0 Å². The van der Waals surface area contributed by atoms with Crippen LogP contribution < -0.4 is 0 Å². The van der Waals surface area contributed by atoms with E-state index in [0.717, 1.165) is 0 Å². The van der Waals surface area contributed by atoms with Gasteiger partial charge in [0.05, 0.1) is 21.2 Å². The molecular weight excluding hydrogens is 265 g/mol. The molecule has 0 radical (unpaired) electrons. The Bertz CT molecular complexity index is 308. The minimum atomic E-state index is -3.14. The van der Waals surface area contributed by atoms with Gasteiger partial charge in [-0.05, 0) is 12.1 Å². The van der Waals surface area contributed by atoms with E-state index in [2.05, 4.69) is 4.98 Å². The van der Waals surface area contributed by atoms with Crippen molar-refractivity contribution < 1.29 is 8.42 Å². The van der Waals surface area contributed by atoms with E-state index in [1.807, 2.05) is 0 Å². The fourth-order valence-corrected chi connectivity index (χ4v) is 1.70. The lowest BCUT2D eigenvalue weighted by molar-refractivity contribution is 0.609. The Kier molecular flexibility index (Phi) is 2.24. The SMILES string of the molecule is O=S(=O)(I)c1ccccn1. The first kappa shape index (κ1) is 7.93. The summed E-state index contributed by atoms with van der Waals surface area (Å²) < 4.78 is 21.5. The van der Waals surface area contributed by atoms with Gasteiger partial charge in [0.15, 0.2) is 5.03 Å². The number of rotatable bonds is 1. The highest BCUT2D eigenvalue weighted by Crippen LogP contribution is 2.12. The molecule has 0 N–H and O–H groups in total. The van der Waals surface area contributed by atoms with E-state index in [0.29, 0.717) is 0 Å². The maximum atomic E-state index is 10.8. The first-order chi connectivity index (χ1) is 4.61. The highest BCUT2D eigenvalue weighted by Gasteiger charge is 2.07. The molecule has 0 aliphatic carbocycles. The van der Waals surface area contributed by atoms with Crippen molar-refractivity contribution in [2.24, 2.45) is 0 Å². The second-order valence-electron chi connectivity index (χ2n) is 1.61. The summed E-state index contributed by atoms with van der Waals surface area (Å²) in [5, 5.41) is 0.107. The van der Waals surface area contributed by atoms with E-state index in [4.69, 9.17) is 0 Å². The number of hydrogen-bond donors (Lipinski definition) is 0. The number of halogens is 1. The number of pyridine rings is 1. The van der Waals surface area contributed by atoms with E-state index in [1.54, 1.807) is 12.1 Å². The van der Waals surface area contributed by atoms with E-state index in [-0.39, 0.29) is 5.03 Å². The minimum Gasteiger partial charge on any atom is -0.244 e. The van der Waals surface area contributed by atoms with Crippen LogP contribution in [0.2, 0.25) is 0 Å². The van der Waals surface area contributed by atoms with Gasteiger partial charge in [-0.25, -0.2) is 13.4 Å². The van der Waals surface area contributed by atoms with Crippen LogP contribution in [0, 0.1) is 0 Å². The number of aromatic nitrogens is 1. The molecule has 0 unspecified atom stereocenters. The molecule has 0 bridgehead atoms. The van der Waals surface area contributed by atoms with Crippen molar-refractivity contribution in [1.29, 1.82) is 0 Å². The van der Waals surface area contributed by atoms with Crippen molar-refractivity contribution in [3.63, 3.8) is 0 Å². The van der Waals surface area contributed by atoms with Crippen LogP contribution in [0.4, 0.5) is 0 Å². The largest absolute Gasteiger partial charge is 0.248 e. The van der Waals surface area contributed by atoms with E-state index in [1.165, 1.54) is 33.5 Å².